The molecule has 37 heavy (non-hydrogen) atoms. The third kappa shape index (κ3) is 5.07. The molecule has 0 radical (unpaired) electrons. The summed E-state index contributed by atoms with van der Waals surface area (Å²) in [6.45, 7) is 1.42. The van der Waals surface area contributed by atoms with Crippen LogP contribution in [0, 0.1) is 17.7 Å². The number of hydrogen-bond donors (Lipinski definition) is 2. The molecule has 5 rings (SSSR count). The van der Waals surface area contributed by atoms with Crippen molar-refractivity contribution in [3.05, 3.63) is 59.0 Å². The van der Waals surface area contributed by atoms with E-state index in [1.54, 1.807) is 30.4 Å². The Morgan fingerprint density at radius 2 is 2.16 bits per heavy atom. The molecule has 2 amide bonds. The second kappa shape index (κ2) is 10.5. The quantitative estimate of drug-likeness (QED) is 0.404. The van der Waals surface area contributed by atoms with Crippen LogP contribution in [0.25, 0.3) is 21.3 Å². The van der Waals surface area contributed by atoms with Gasteiger partial charge >= 0.3 is 0 Å². The van der Waals surface area contributed by atoms with E-state index in [1.165, 1.54) is 35.2 Å². The van der Waals surface area contributed by atoms with E-state index in [9.17, 15) is 9.59 Å². The van der Waals surface area contributed by atoms with E-state index < -0.39 is 11.7 Å². The Hall–Kier alpha value is -4.14. The average molecular weight is 518 g/mol. The van der Waals surface area contributed by atoms with Gasteiger partial charge in [-0.15, -0.1) is 16.4 Å². The van der Waals surface area contributed by atoms with E-state index >= 15 is 4.39 Å². The molecule has 0 bridgehead atoms. The molecule has 1 aromatic carbocycles. The number of aromatic nitrogens is 4. The Morgan fingerprint density at radius 3 is 2.86 bits per heavy atom. The van der Waals surface area contributed by atoms with Crippen molar-refractivity contribution in [3.8, 4) is 23.1 Å². The fourth-order valence-electron chi connectivity index (χ4n) is 4.33. The van der Waals surface area contributed by atoms with Gasteiger partial charge in [0.2, 0.25) is 0 Å². The molecule has 1 aliphatic rings. The van der Waals surface area contributed by atoms with Gasteiger partial charge < -0.3 is 10.6 Å². The van der Waals surface area contributed by atoms with Crippen LogP contribution in [0.5, 0.6) is 0 Å². The number of nitrogens with zero attached hydrogens (tertiary/aromatic N) is 5. The Balaban J connectivity index is 1.56. The smallest absolute Gasteiger partial charge is 0.296 e. The molecule has 9 nitrogen and oxygen atoms in total. The summed E-state index contributed by atoms with van der Waals surface area (Å²) in [7, 11) is 3.25. The fraction of sp³-hybridized carbons (Fsp3) is 0.269. The summed E-state index contributed by atoms with van der Waals surface area (Å²) in [4.78, 5) is 32.3. The van der Waals surface area contributed by atoms with Crippen molar-refractivity contribution < 1.29 is 14.0 Å². The number of nitrogens with one attached hydrogen (secondary N) is 2. The Kier molecular flexibility index (Phi) is 6.94. The third-order valence-electron chi connectivity index (χ3n) is 6.13. The SMILES string of the molecule is CNC(=O)C#Cc1cc2c(N(C(=O)c3ccc(-c4cn(C)nn4)cc3F)[C@@H]3CCCNC3)nccc2s1. The lowest BCUT2D eigenvalue weighted by molar-refractivity contribution is -0.115. The number of aryl methyl sites for hydroxylation is 1. The van der Waals surface area contributed by atoms with Crippen molar-refractivity contribution in [2.75, 3.05) is 25.0 Å². The molecule has 11 heteroatoms. The standard InChI is InChI=1S/C26H24FN7O2S/c1-28-24(35)8-6-18-13-20-23(37-18)9-11-30-25(20)34(17-4-3-10-29-14-17)26(36)19-7-5-16(12-21(19)27)22-15-33(2)32-31-22/h5,7,9,11-13,15,17,29H,3-4,10,14H2,1-2H3,(H,28,35)/t17-/m1/s1. The molecule has 4 heterocycles. The van der Waals surface area contributed by atoms with Crippen LogP contribution in [-0.4, -0.2) is 58.0 Å². The molecule has 1 atom stereocenters. The van der Waals surface area contributed by atoms with Crippen molar-refractivity contribution in [2.24, 2.45) is 7.05 Å². The number of benzene rings is 1. The summed E-state index contributed by atoms with van der Waals surface area (Å²) in [5.74, 6) is 4.34. The minimum absolute atomic E-state index is 0.0492. The predicted octanol–water partition coefficient (Wildman–Crippen LogP) is 2.73. The number of amides is 2. The first kappa shape index (κ1) is 24.5. The van der Waals surface area contributed by atoms with Crippen molar-refractivity contribution in [1.82, 2.24) is 30.6 Å². The lowest BCUT2D eigenvalue weighted by Crippen LogP contribution is -2.49. The summed E-state index contributed by atoms with van der Waals surface area (Å²) < 4.78 is 17.8. The summed E-state index contributed by atoms with van der Waals surface area (Å²) >= 11 is 1.40. The van der Waals surface area contributed by atoms with E-state index in [-0.39, 0.29) is 17.5 Å². The largest absolute Gasteiger partial charge is 0.348 e. The molecule has 0 aliphatic carbocycles. The summed E-state index contributed by atoms with van der Waals surface area (Å²) in [5.41, 5.74) is 1.00. The number of anilines is 1. The first-order chi connectivity index (χ1) is 17.9. The zero-order valence-electron chi connectivity index (χ0n) is 20.3. The summed E-state index contributed by atoms with van der Waals surface area (Å²) in [5, 5.41) is 14.4. The molecule has 0 spiro atoms. The number of pyridine rings is 1. The predicted molar refractivity (Wildman–Crippen MR) is 140 cm³/mol. The van der Waals surface area contributed by atoms with E-state index in [2.05, 4.69) is 37.8 Å². The highest BCUT2D eigenvalue weighted by Gasteiger charge is 2.32. The fourth-order valence-corrected chi connectivity index (χ4v) is 5.23. The maximum atomic E-state index is 15.4. The van der Waals surface area contributed by atoms with Crippen LogP contribution in [0.1, 0.15) is 28.1 Å². The summed E-state index contributed by atoms with van der Waals surface area (Å²) in [6, 6.07) is 7.91. The molecular formula is C26H24FN7O2S. The van der Waals surface area contributed by atoms with Gasteiger partial charge in [0.05, 0.1) is 22.7 Å². The monoisotopic (exact) mass is 517 g/mol. The number of thiophene rings is 1. The van der Waals surface area contributed by atoms with Crippen LogP contribution in [-0.2, 0) is 11.8 Å². The number of carbonyl (C=O) groups is 2. The number of piperidine rings is 1. The molecule has 1 aliphatic heterocycles. The highest BCUT2D eigenvalue weighted by molar-refractivity contribution is 7.19. The van der Waals surface area contributed by atoms with E-state index in [0.29, 0.717) is 28.5 Å². The van der Waals surface area contributed by atoms with Crippen molar-refractivity contribution >= 4 is 39.1 Å². The Labute approximate surface area is 216 Å². The Bertz CT molecular complexity index is 1550. The van der Waals surface area contributed by atoms with E-state index in [1.807, 2.05) is 12.1 Å². The molecular weight excluding hydrogens is 493 g/mol. The maximum Gasteiger partial charge on any atom is 0.296 e. The number of carbonyl (C=O) groups excluding carboxylic acids is 2. The van der Waals surface area contributed by atoms with Gasteiger partial charge in [-0.2, -0.15) is 0 Å². The second-order valence-electron chi connectivity index (χ2n) is 8.63. The van der Waals surface area contributed by atoms with Gasteiger partial charge in [-0.1, -0.05) is 11.3 Å². The number of halogens is 1. The molecule has 1 saturated heterocycles. The normalized spacial score (nSPS) is 15.2. The van der Waals surface area contributed by atoms with Gasteiger partial charge in [-0.05, 0) is 49.6 Å². The summed E-state index contributed by atoms with van der Waals surface area (Å²) in [6.07, 6.45) is 4.95. The second-order valence-corrected chi connectivity index (χ2v) is 9.72. The molecule has 1 fully saturated rings. The van der Waals surface area contributed by atoms with Gasteiger partial charge in [-0.3, -0.25) is 19.2 Å². The average Bonchev–Trinajstić information content (AvgIpc) is 3.54. The van der Waals surface area contributed by atoms with Gasteiger partial charge in [0.25, 0.3) is 11.8 Å². The van der Waals surface area contributed by atoms with Gasteiger partial charge in [-0.25, -0.2) is 9.37 Å². The highest BCUT2D eigenvalue weighted by Crippen LogP contribution is 2.34. The van der Waals surface area contributed by atoms with Crippen LogP contribution >= 0.6 is 11.3 Å². The van der Waals surface area contributed by atoms with Crippen molar-refractivity contribution in [2.45, 2.75) is 18.9 Å². The third-order valence-corrected chi connectivity index (χ3v) is 7.15. The molecule has 3 aromatic heterocycles. The number of fused-ring (bicyclic) bond motifs is 1. The van der Waals surface area contributed by atoms with E-state index in [0.717, 1.165) is 29.5 Å². The zero-order valence-corrected chi connectivity index (χ0v) is 21.1. The van der Waals surface area contributed by atoms with Crippen LogP contribution in [0.4, 0.5) is 10.2 Å². The number of hydrogen-bond acceptors (Lipinski definition) is 7. The van der Waals surface area contributed by atoms with Crippen LogP contribution in [0.15, 0.2) is 42.7 Å². The van der Waals surface area contributed by atoms with Gasteiger partial charge in [0.1, 0.15) is 17.3 Å². The highest BCUT2D eigenvalue weighted by atomic mass is 32.1. The molecule has 4 aromatic rings. The molecule has 2 N–H and O–H groups in total. The topological polar surface area (TPSA) is 105 Å². The maximum absolute atomic E-state index is 15.4. The Morgan fingerprint density at radius 1 is 1.30 bits per heavy atom. The molecule has 0 saturated carbocycles. The first-order valence-corrected chi connectivity index (χ1v) is 12.6. The minimum Gasteiger partial charge on any atom is -0.348 e. The molecule has 188 valence electrons. The minimum atomic E-state index is -0.642. The zero-order chi connectivity index (χ0) is 25.9. The first-order valence-electron chi connectivity index (χ1n) is 11.8. The van der Waals surface area contributed by atoms with Crippen LogP contribution in [0.2, 0.25) is 0 Å². The van der Waals surface area contributed by atoms with Crippen LogP contribution < -0.4 is 15.5 Å². The number of rotatable bonds is 4. The van der Waals surface area contributed by atoms with E-state index in [4.69, 9.17) is 0 Å². The van der Waals surface area contributed by atoms with Crippen molar-refractivity contribution in [1.29, 1.82) is 0 Å². The molecule has 0 unspecified atom stereocenters. The van der Waals surface area contributed by atoms with Crippen molar-refractivity contribution in [3.63, 3.8) is 0 Å². The van der Waals surface area contributed by atoms with Crippen LogP contribution in [0.3, 0.4) is 0 Å². The van der Waals surface area contributed by atoms with Gasteiger partial charge in [0, 0.05) is 48.4 Å². The lowest BCUT2D eigenvalue weighted by atomic mass is 10.0. The lowest BCUT2D eigenvalue weighted by Gasteiger charge is -2.34. The van der Waals surface area contributed by atoms with Gasteiger partial charge in [0.15, 0.2) is 0 Å².